The molecular weight excluding hydrogens is 290 g/mol. The molecule has 1 fully saturated rings. The molecule has 1 amide bonds. The topological polar surface area (TPSA) is 49.8 Å². The molecule has 0 spiro atoms. The van der Waals surface area contributed by atoms with Crippen LogP contribution in [0.25, 0.3) is 11.1 Å². The van der Waals surface area contributed by atoms with Crippen molar-refractivity contribution in [3.63, 3.8) is 0 Å². The van der Waals surface area contributed by atoms with Gasteiger partial charge < -0.3 is 14.7 Å². The number of hydrogen-bond donors (Lipinski definition) is 1. The number of nitrogens with zero attached hydrogens (tertiary/aromatic N) is 1. The number of ether oxygens (including phenoxy) is 1. The Morgan fingerprint density at radius 1 is 1.09 bits per heavy atom. The van der Waals surface area contributed by atoms with Crippen molar-refractivity contribution >= 4 is 6.09 Å². The van der Waals surface area contributed by atoms with Gasteiger partial charge in [-0.2, -0.15) is 0 Å². The lowest BCUT2D eigenvalue weighted by atomic mass is 9.86. The van der Waals surface area contributed by atoms with E-state index in [0.29, 0.717) is 25.6 Å². The van der Waals surface area contributed by atoms with Crippen LogP contribution in [-0.2, 0) is 0 Å². The summed E-state index contributed by atoms with van der Waals surface area (Å²) in [6.45, 7) is 1.82. The zero-order valence-corrected chi connectivity index (χ0v) is 12.8. The minimum Gasteiger partial charge on any atom is -0.493 e. The molecule has 4 rings (SSSR count). The molecule has 2 aliphatic heterocycles. The zero-order valence-electron chi connectivity index (χ0n) is 12.8. The van der Waals surface area contributed by atoms with Crippen LogP contribution < -0.4 is 4.74 Å². The lowest BCUT2D eigenvalue weighted by Gasteiger charge is -2.18. The van der Waals surface area contributed by atoms with Crippen molar-refractivity contribution in [3.8, 4) is 16.9 Å². The van der Waals surface area contributed by atoms with Crippen molar-refractivity contribution in [1.29, 1.82) is 0 Å². The second-order valence-corrected chi connectivity index (χ2v) is 6.28. The number of hydrogen-bond acceptors (Lipinski definition) is 2. The van der Waals surface area contributed by atoms with Gasteiger partial charge in [0.05, 0.1) is 6.61 Å². The minimum absolute atomic E-state index is 0.229. The lowest BCUT2D eigenvalue weighted by molar-refractivity contribution is 0.152. The van der Waals surface area contributed by atoms with Gasteiger partial charge in [-0.05, 0) is 23.5 Å². The molecule has 1 N–H and O–H groups in total. The third-order valence-electron chi connectivity index (χ3n) is 4.98. The Labute approximate surface area is 135 Å². The first-order valence-electron chi connectivity index (χ1n) is 8.03. The van der Waals surface area contributed by atoms with Crippen molar-refractivity contribution < 1.29 is 14.6 Å². The summed E-state index contributed by atoms with van der Waals surface area (Å²) in [6, 6.07) is 16.4. The highest BCUT2D eigenvalue weighted by Gasteiger charge is 2.39. The van der Waals surface area contributed by atoms with Crippen LogP contribution in [0.3, 0.4) is 0 Å². The number of para-hydroxylation sites is 1. The predicted molar refractivity (Wildman–Crippen MR) is 87.8 cm³/mol. The van der Waals surface area contributed by atoms with E-state index in [2.05, 4.69) is 30.3 Å². The van der Waals surface area contributed by atoms with E-state index in [1.54, 1.807) is 4.90 Å². The van der Waals surface area contributed by atoms with Gasteiger partial charge in [-0.3, -0.25) is 0 Å². The van der Waals surface area contributed by atoms with Gasteiger partial charge in [-0.25, -0.2) is 4.79 Å². The SMILES string of the molecule is O=C(O)N1C[C@@H]2CCOc3c(-c4ccccc4)cccc3[C@H]2C1. The molecule has 0 unspecified atom stereocenters. The molecule has 4 nitrogen and oxygen atoms in total. The van der Waals surface area contributed by atoms with E-state index in [1.165, 1.54) is 0 Å². The third kappa shape index (κ3) is 2.44. The van der Waals surface area contributed by atoms with Gasteiger partial charge in [0.2, 0.25) is 0 Å². The lowest BCUT2D eigenvalue weighted by Crippen LogP contribution is -2.27. The van der Waals surface area contributed by atoms with Gasteiger partial charge in [0.25, 0.3) is 0 Å². The van der Waals surface area contributed by atoms with E-state index < -0.39 is 6.09 Å². The van der Waals surface area contributed by atoms with Crippen LogP contribution in [0.5, 0.6) is 5.75 Å². The molecule has 0 radical (unpaired) electrons. The van der Waals surface area contributed by atoms with Gasteiger partial charge in [0, 0.05) is 24.6 Å². The number of carboxylic acid groups (broad SMARTS) is 1. The summed E-state index contributed by atoms with van der Waals surface area (Å²) >= 11 is 0. The van der Waals surface area contributed by atoms with E-state index in [0.717, 1.165) is 28.9 Å². The van der Waals surface area contributed by atoms with Crippen LogP contribution in [0, 0.1) is 5.92 Å². The van der Waals surface area contributed by atoms with Gasteiger partial charge in [-0.1, -0.05) is 48.5 Å². The molecule has 2 heterocycles. The van der Waals surface area contributed by atoms with Crippen LogP contribution in [0.15, 0.2) is 48.5 Å². The third-order valence-corrected chi connectivity index (χ3v) is 4.98. The Kier molecular flexibility index (Phi) is 3.45. The Morgan fingerprint density at radius 2 is 1.91 bits per heavy atom. The zero-order chi connectivity index (χ0) is 15.8. The van der Waals surface area contributed by atoms with E-state index in [9.17, 15) is 9.90 Å². The number of fused-ring (bicyclic) bond motifs is 3. The molecular formula is C19H19NO3. The summed E-state index contributed by atoms with van der Waals surface area (Å²) in [5.74, 6) is 1.50. The maximum atomic E-state index is 11.3. The van der Waals surface area contributed by atoms with Crippen LogP contribution in [-0.4, -0.2) is 35.8 Å². The van der Waals surface area contributed by atoms with E-state index in [1.807, 2.05) is 18.2 Å². The van der Waals surface area contributed by atoms with Gasteiger partial charge in [-0.15, -0.1) is 0 Å². The Balaban J connectivity index is 1.78. The van der Waals surface area contributed by atoms with Crippen LogP contribution >= 0.6 is 0 Å². The van der Waals surface area contributed by atoms with Gasteiger partial charge in [0.1, 0.15) is 5.75 Å². The smallest absolute Gasteiger partial charge is 0.407 e. The molecule has 2 aliphatic rings. The van der Waals surface area contributed by atoms with Crippen LogP contribution in [0.4, 0.5) is 4.79 Å². The number of amides is 1. The molecule has 0 aliphatic carbocycles. The normalized spacial score (nSPS) is 22.7. The van der Waals surface area contributed by atoms with Gasteiger partial charge in [0.15, 0.2) is 0 Å². The highest BCUT2D eigenvalue weighted by molar-refractivity contribution is 5.73. The molecule has 0 aromatic heterocycles. The molecule has 1 saturated heterocycles. The number of likely N-dealkylation sites (tertiary alicyclic amines) is 1. The summed E-state index contributed by atoms with van der Waals surface area (Å²) in [7, 11) is 0. The van der Waals surface area contributed by atoms with Crippen LogP contribution in [0.1, 0.15) is 17.9 Å². The quantitative estimate of drug-likeness (QED) is 0.871. The van der Waals surface area contributed by atoms with Gasteiger partial charge >= 0.3 is 6.09 Å². The highest BCUT2D eigenvalue weighted by Crippen LogP contribution is 2.45. The monoisotopic (exact) mass is 309 g/mol. The summed E-state index contributed by atoms with van der Waals surface area (Å²) < 4.78 is 6.10. The summed E-state index contributed by atoms with van der Waals surface area (Å²) in [4.78, 5) is 12.9. The maximum absolute atomic E-state index is 11.3. The second-order valence-electron chi connectivity index (χ2n) is 6.28. The molecule has 2 aromatic rings. The first-order valence-corrected chi connectivity index (χ1v) is 8.03. The number of carbonyl (C=O) groups is 1. The van der Waals surface area contributed by atoms with Crippen molar-refractivity contribution in [3.05, 3.63) is 54.1 Å². The fourth-order valence-corrected chi connectivity index (χ4v) is 3.84. The molecule has 2 aromatic carbocycles. The number of benzene rings is 2. The average molecular weight is 309 g/mol. The van der Waals surface area contributed by atoms with Crippen LogP contribution in [0.2, 0.25) is 0 Å². The number of rotatable bonds is 1. The average Bonchev–Trinajstić information content (AvgIpc) is 2.92. The molecule has 0 bridgehead atoms. The van der Waals surface area contributed by atoms with E-state index in [-0.39, 0.29) is 5.92 Å². The molecule has 0 saturated carbocycles. The Bertz CT molecular complexity index is 729. The molecule has 2 atom stereocenters. The summed E-state index contributed by atoms with van der Waals surface area (Å²) in [5, 5.41) is 9.31. The van der Waals surface area contributed by atoms with E-state index >= 15 is 0 Å². The predicted octanol–water partition coefficient (Wildman–Crippen LogP) is 3.83. The van der Waals surface area contributed by atoms with Crippen molar-refractivity contribution in [1.82, 2.24) is 4.90 Å². The molecule has 118 valence electrons. The van der Waals surface area contributed by atoms with Crippen molar-refractivity contribution in [2.45, 2.75) is 12.3 Å². The Morgan fingerprint density at radius 3 is 2.70 bits per heavy atom. The second kappa shape index (κ2) is 5.61. The highest BCUT2D eigenvalue weighted by atomic mass is 16.5. The fraction of sp³-hybridized carbons (Fsp3) is 0.316. The Hall–Kier alpha value is -2.49. The largest absolute Gasteiger partial charge is 0.493 e. The summed E-state index contributed by atoms with van der Waals surface area (Å²) in [5.41, 5.74) is 3.38. The first-order chi connectivity index (χ1) is 11.2. The molecule has 4 heteroatoms. The van der Waals surface area contributed by atoms with Crippen molar-refractivity contribution in [2.24, 2.45) is 5.92 Å². The fourth-order valence-electron chi connectivity index (χ4n) is 3.84. The standard InChI is InChI=1S/C19H19NO3/c21-19(22)20-11-14-9-10-23-18-15(13-5-2-1-3-6-13)7-4-8-16(18)17(14)12-20/h1-8,14,17H,9-12H2,(H,21,22)/t14-,17-/m0/s1. The minimum atomic E-state index is -0.820. The summed E-state index contributed by atoms with van der Waals surface area (Å²) in [6.07, 6.45) is 0.0805. The molecule has 23 heavy (non-hydrogen) atoms. The van der Waals surface area contributed by atoms with E-state index in [4.69, 9.17) is 4.74 Å². The maximum Gasteiger partial charge on any atom is 0.407 e. The van der Waals surface area contributed by atoms with Crippen molar-refractivity contribution in [2.75, 3.05) is 19.7 Å². The first kappa shape index (κ1) is 14.1.